The van der Waals surface area contributed by atoms with Crippen LogP contribution in [0.3, 0.4) is 0 Å². The number of rotatable bonds is 4. The predicted octanol–water partition coefficient (Wildman–Crippen LogP) is 16.4. The van der Waals surface area contributed by atoms with Crippen molar-refractivity contribution in [2.45, 2.75) is 5.41 Å². The van der Waals surface area contributed by atoms with Gasteiger partial charge in [-0.05, 0) is 150 Å². The van der Waals surface area contributed by atoms with Crippen LogP contribution in [0.5, 0.6) is 0 Å². The fourth-order valence-corrected chi connectivity index (χ4v) is 12.3. The molecule has 0 saturated carbocycles. The minimum Gasteiger partial charge on any atom is -0.341 e. The van der Waals surface area contributed by atoms with E-state index >= 15 is 0 Å². The van der Waals surface area contributed by atoms with Gasteiger partial charge in [0.1, 0.15) is 0 Å². The van der Waals surface area contributed by atoms with Gasteiger partial charge in [-0.2, -0.15) is 0 Å². The lowest BCUT2D eigenvalue weighted by molar-refractivity contribution is 0.794. The van der Waals surface area contributed by atoms with Crippen molar-refractivity contribution in [2.75, 3.05) is 47.8 Å². The van der Waals surface area contributed by atoms with Crippen molar-refractivity contribution >= 4 is 45.5 Å². The molecule has 0 atom stereocenters. The maximum atomic E-state index is 2.49. The summed E-state index contributed by atoms with van der Waals surface area (Å²) in [4.78, 5) is 9.22. The smallest absolute Gasteiger partial charge is 0.0725 e. The zero-order chi connectivity index (χ0) is 46.1. The monoisotopic (exact) mass is 884 g/mol. The van der Waals surface area contributed by atoms with Crippen LogP contribution in [0.4, 0.5) is 45.5 Å². The maximum Gasteiger partial charge on any atom is 0.0725 e. The molecular formula is C65H48N4. The van der Waals surface area contributed by atoms with E-state index in [1.807, 2.05) is 0 Å². The third kappa shape index (κ3) is 5.57. The molecule has 2 aliphatic carbocycles. The van der Waals surface area contributed by atoms with E-state index in [9.17, 15) is 0 Å². The van der Waals surface area contributed by atoms with E-state index in [2.05, 4.69) is 266 Å². The third-order valence-electron chi connectivity index (χ3n) is 15.8. The van der Waals surface area contributed by atoms with Crippen molar-refractivity contribution in [2.24, 2.45) is 0 Å². The first-order valence-corrected chi connectivity index (χ1v) is 24.0. The quantitative estimate of drug-likeness (QED) is 0.175. The number of hydrogen-bond donors (Lipinski definition) is 0. The molecule has 69 heavy (non-hydrogen) atoms. The molecule has 0 bridgehead atoms. The molecule has 0 amide bonds. The number of benzene rings is 10. The van der Waals surface area contributed by atoms with E-state index in [1.165, 1.54) is 135 Å². The van der Waals surface area contributed by atoms with Crippen LogP contribution < -0.4 is 19.6 Å². The molecule has 328 valence electrons. The van der Waals surface area contributed by atoms with Gasteiger partial charge in [0, 0.05) is 28.2 Å². The highest BCUT2D eigenvalue weighted by Gasteiger charge is 2.51. The average Bonchev–Trinajstić information content (AvgIpc) is 3.88. The molecule has 0 unspecified atom stereocenters. The number of para-hydroxylation sites is 4. The van der Waals surface area contributed by atoms with Crippen LogP contribution in [0.15, 0.2) is 218 Å². The summed E-state index contributed by atoms with van der Waals surface area (Å²) < 4.78 is 0. The first kappa shape index (κ1) is 39.6. The summed E-state index contributed by atoms with van der Waals surface area (Å²) in [6.07, 6.45) is 0. The second-order valence-electron chi connectivity index (χ2n) is 19.1. The highest BCUT2D eigenvalue weighted by atomic mass is 15.2. The lowest BCUT2D eigenvalue weighted by Crippen LogP contribution is -2.26. The van der Waals surface area contributed by atoms with Crippen LogP contribution in [-0.2, 0) is 5.41 Å². The minimum absolute atomic E-state index is 0.467. The second-order valence-corrected chi connectivity index (χ2v) is 19.1. The molecule has 0 saturated heterocycles. The van der Waals surface area contributed by atoms with Crippen molar-refractivity contribution < 1.29 is 0 Å². The highest BCUT2D eigenvalue weighted by Crippen LogP contribution is 2.63. The largest absolute Gasteiger partial charge is 0.341 e. The number of nitrogens with zero attached hydrogens (tertiary/aromatic N) is 4. The predicted molar refractivity (Wildman–Crippen MR) is 290 cm³/mol. The lowest BCUT2D eigenvalue weighted by Gasteiger charge is -2.36. The van der Waals surface area contributed by atoms with Gasteiger partial charge < -0.3 is 19.6 Å². The van der Waals surface area contributed by atoms with Crippen molar-refractivity contribution in [1.82, 2.24) is 0 Å². The van der Waals surface area contributed by atoms with Crippen LogP contribution in [0.25, 0.3) is 66.8 Å². The van der Waals surface area contributed by atoms with E-state index in [1.54, 1.807) is 0 Å². The van der Waals surface area contributed by atoms with Gasteiger partial charge in [0.25, 0.3) is 0 Å². The Morgan fingerprint density at radius 3 is 0.855 bits per heavy atom. The Kier molecular flexibility index (Phi) is 8.43. The Balaban J connectivity index is 0.836. The Labute approximate surface area is 404 Å². The minimum atomic E-state index is -0.467. The number of anilines is 8. The van der Waals surface area contributed by atoms with Crippen LogP contribution in [0.1, 0.15) is 22.3 Å². The van der Waals surface area contributed by atoms with E-state index in [0.717, 1.165) is 0 Å². The summed E-state index contributed by atoms with van der Waals surface area (Å²) in [5, 5.41) is 0. The molecule has 0 aromatic heterocycles. The van der Waals surface area contributed by atoms with E-state index in [0.29, 0.717) is 0 Å². The number of fused-ring (bicyclic) bond motifs is 14. The zero-order valence-corrected chi connectivity index (χ0v) is 39.1. The molecule has 2 heterocycles. The molecule has 4 heteroatoms. The molecule has 10 aromatic carbocycles. The molecule has 0 radical (unpaired) electrons. The first-order valence-electron chi connectivity index (χ1n) is 24.0. The fraction of sp³-hybridized carbons (Fsp3) is 0.0769. The van der Waals surface area contributed by atoms with Gasteiger partial charge in [-0.1, -0.05) is 158 Å². The molecule has 0 N–H and O–H groups in total. The van der Waals surface area contributed by atoms with Gasteiger partial charge in [0.2, 0.25) is 0 Å². The summed E-state index contributed by atoms with van der Waals surface area (Å²) in [5.74, 6) is 0. The van der Waals surface area contributed by atoms with Crippen molar-refractivity contribution in [3.63, 3.8) is 0 Å². The zero-order valence-electron chi connectivity index (χ0n) is 39.1. The Morgan fingerprint density at radius 2 is 0.478 bits per heavy atom. The van der Waals surface area contributed by atoms with E-state index < -0.39 is 5.41 Å². The normalized spacial score (nSPS) is 14.1. The van der Waals surface area contributed by atoms with Crippen molar-refractivity contribution in [1.29, 1.82) is 0 Å². The molecule has 4 nitrogen and oxygen atoms in total. The maximum absolute atomic E-state index is 2.49. The molecule has 14 rings (SSSR count). The van der Waals surface area contributed by atoms with Gasteiger partial charge in [0.05, 0.1) is 50.9 Å². The van der Waals surface area contributed by atoms with Crippen LogP contribution in [0, 0.1) is 0 Å². The van der Waals surface area contributed by atoms with Gasteiger partial charge in [-0.25, -0.2) is 0 Å². The van der Waals surface area contributed by atoms with Gasteiger partial charge in [0.15, 0.2) is 0 Å². The molecule has 10 aromatic rings. The Hall–Kier alpha value is -8.60. The molecular weight excluding hydrogens is 837 g/mol. The van der Waals surface area contributed by atoms with Crippen LogP contribution in [0.2, 0.25) is 0 Å². The standard InChI is InChI=1S/C65H48N4/c1-66-57-17-9-11-19-59(57)68(3)63-39-47(31-35-61(63)66)43-25-21-41(22-26-43)45-29-33-51-52-34-30-46(38-56(52)65(55(51)37-45)53-15-7-5-13-49(53)50-14-6-8-16-54(50)65)42-23-27-44(28-24-42)48-32-36-62-64(40-48)69(4)60-20-12-10-18-58(60)67(62)2/h5-40H,1-4H3. The Bertz CT molecular complexity index is 3510. The SMILES string of the molecule is CN1c2ccccc2N(C)c2cc(-c3ccc(-c4ccc5c(c4)C4(c6ccccc6-c6ccccc64)c4cc(-c6ccc(-c7ccc8c(c7)N(C)c7ccccc7N8C)cc6)ccc4-5)cc3)ccc21. The van der Waals surface area contributed by atoms with Gasteiger partial charge >= 0.3 is 0 Å². The second kappa shape index (κ2) is 14.7. The summed E-state index contributed by atoms with van der Waals surface area (Å²) >= 11 is 0. The van der Waals surface area contributed by atoms with E-state index in [4.69, 9.17) is 0 Å². The summed E-state index contributed by atoms with van der Waals surface area (Å²) in [7, 11) is 8.66. The van der Waals surface area contributed by atoms with Gasteiger partial charge in [-0.3, -0.25) is 0 Å². The third-order valence-corrected chi connectivity index (χ3v) is 15.8. The molecule has 2 aliphatic heterocycles. The fourth-order valence-electron chi connectivity index (χ4n) is 12.3. The molecule has 4 aliphatic rings. The van der Waals surface area contributed by atoms with Crippen molar-refractivity contribution in [3.05, 3.63) is 241 Å². The summed E-state index contributed by atoms with van der Waals surface area (Å²) in [5.41, 5.74) is 29.5. The summed E-state index contributed by atoms with van der Waals surface area (Å²) in [6.45, 7) is 0. The van der Waals surface area contributed by atoms with Crippen LogP contribution >= 0.6 is 0 Å². The van der Waals surface area contributed by atoms with E-state index in [-0.39, 0.29) is 0 Å². The highest BCUT2D eigenvalue weighted by molar-refractivity contribution is 5.99. The first-order chi connectivity index (χ1) is 33.9. The molecule has 0 fully saturated rings. The lowest BCUT2D eigenvalue weighted by atomic mass is 9.70. The van der Waals surface area contributed by atoms with Crippen LogP contribution in [-0.4, -0.2) is 28.2 Å². The Morgan fingerprint density at radius 1 is 0.217 bits per heavy atom. The van der Waals surface area contributed by atoms with Crippen molar-refractivity contribution in [3.8, 4) is 66.8 Å². The van der Waals surface area contributed by atoms with Gasteiger partial charge in [-0.15, -0.1) is 0 Å². The summed E-state index contributed by atoms with van der Waals surface area (Å²) in [6, 6.07) is 81.9. The number of hydrogen-bond acceptors (Lipinski definition) is 4. The molecule has 1 spiro atoms. The average molecular weight is 885 g/mol. The topological polar surface area (TPSA) is 13.0 Å².